The van der Waals surface area contributed by atoms with Gasteiger partial charge in [0.25, 0.3) is 11.8 Å². The Morgan fingerprint density at radius 2 is 1.31 bits per heavy atom. The van der Waals surface area contributed by atoms with Crippen molar-refractivity contribution in [2.75, 3.05) is 10.6 Å². The first-order valence-corrected chi connectivity index (χ1v) is 9.76. The summed E-state index contributed by atoms with van der Waals surface area (Å²) in [5.74, 6) is -2.35. The molecule has 0 radical (unpaired) electrons. The Kier molecular flexibility index (Phi) is 7.61. The van der Waals surface area contributed by atoms with E-state index in [0.717, 1.165) is 0 Å². The first kappa shape index (κ1) is 22.2. The molecule has 29 heavy (non-hydrogen) atoms. The molecule has 0 fully saturated rings. The van der Waals surface area contributed by atoms with Crippen molar-refractivity contribution < 1.29 is 14.4 Å². The van der Waals surface area contributed by atoms with E-state index in [0.29, 0.717) is 16.2 Å². The number of thiocarbonyl (C=S) groups is 1. The molecule has 0 unspecified atom stereocenters. The molecule has 0 aliphatic carbocycles. The average Bonchev–Trinajstić information content (AvgIpc) is 2.72. The van der Waals surface area contributed by atoms with Gasteiger partial charge in [0.2, 0.25) is 5.91 Å². The number of anilines is 2. The number of carbonyl (C=O) groups is 3. The van der Waals surface area contributed by atoms with Crippen LogP contribution in [0.3, 0.4) is 0 Å². The SMILES string of the molecule is CCC(NC(=O)[C@@H](C)C(C)=S)(C(=O)Nc1ccccc1)C(=O)Nc1ccccc1. The second kappa shape index (κ2) is 9.93. The van der Waals surface area contributed by atoms with Crippen molar-refractivity contribution in [3.8, 4) is 0 Å². The topological polar surface area (TPSA) is 87.3 Å². The summed E-state index contributed by atoms with van der Waals surface area (Å²) in [5.41, 5.74) is -0.755. The fourth-order valence-electron chi connectivity index (χ4n) is 2.65. The lowest BCUT2D eigenvalue weighted by atomic mass is 9.91. The van der Waals surface area contributed by atoms with Crippen LogP contribution < -0.4 is 16.0 Å². The first-order valence-electron chi connectivity index (χ1n) is 9.35. The van der Waals surface area contributed by atoms with Crippen LogP contribution in [0.1, 0.15) is 27.2 Å². The van der Waals surface area contributed by atoms with E-state index in [-0.39, 0.29) is 6.42 Å². The highest BCUT2D eigenvalue weighted by atomic mass is 32.1. The smallest absolute Gasteiger partial charge is 0.259 e. The minimum absolute atomic E-state index is 0.0548. The van der Waals surface area contributed by atoms with Crippen LogP contribution >= 0.6 is 12.2 Å². The number of rotatable bonds is 8. The molecule has 3 amide bonds. The highest BCUT2D eigenvalue weighted by Crippen LogP contribution is 2.20. The van der Waals surface area contributed by atoms with Crippen LogP contribution in [-0.2, 0) is 14.4 Å². The summed E-state index contributed by atoms with van der Waals surface area (Å²) in [6.45, 7) is 4.97. The van der Waals surface area contributed by atoms with Gasteiger partial charge in [0, 0.05) is 16.2 Å². The number of carbonyl (C=O) groups excluding carboxylic acids is 3. The van der Waals surface area contributed by atoms with E-state index in [1.807, 2.05) is 12.1 Å². The molecular weight excluding hydrogens is 386 g/mol. The van der Waals surface area contributed by atoms with Gasteiger partial charge in [0.15, 0.2) is 5.54 Å². The lowest BCUT2D eigenvalue weighted by molar-refractivity contribution is -0.139. The molecule has 2 aromatic rings. The van der Waals surface area contributed by atoms with Crippen LogP contribution in [0.2, 0.25) is 0 Å². The summed E-state index contributed by atoms with van der Waals surface area (Å²) in [6, 6.07) is 17.5. The van der Waals surface area contributed by atoms with E-state index in [1.54, 1.807) is 69.3 Å². The summed E-state index contributed by atoms with van der Waals surface area (Å²) < 4.78 is 0. The van der Waals surface area contributed by atoms with Gasteiger partial charge in [-0.2, -0.15) is 0 Å². The fraction of sp³-hybridized carbons (Fsp3) is 0.273. The third kappa shape index (κ3) is 5.48. The largest absolute Gasteiger partial charge is 0.334 e. The molecule has 2 rings (SSSR count). The van der Waals surface area contributed by atoms with Crippen LogP contribution in [0.15, 0.2) is 60.7 Å². The Morgan fingerprint density at radius 1 is 0.897 bits per heavy atom. The number of hydrogen-bond acceptors (Lipinski definition) is 4. The van der Waals surface area contributed by atoms with Crippen LogP contribution in [0.25, 0.3) is 0 Å². The molecule has 152 valence electrons. The summed E-state index contributed by atoms with van der Waals surface area (Å²) in [7, 11) is 0. The molecule has 6 nitrogen and oxygen atoms in total. The normalized spacial score (nSPS) is 11.8. The van der Waals surface area contributed by atoms with Crippen molar-refractivity contribution in [3.05, 3.63) is 60.7 Å². The predicted octanol–water partition coefficient (Wildman–Crippen LogP) is 3.55. The van der Waals surface area contributed by atoms with E-state index in [1.165, 1.54) is 0 Å². The molecule has 0 saturated heterocycles. The molecule has 1 atom stereocenters. The van der Waals surface area contributed by atoms with Gasteiger partial charge >= 0.3 is 0 Å². The Labute approximate surface area is 176 Å². The van der Waals surface area contributed by atoms with Crippen molar-refractivity contribution in [1.29, 1.82) is 0 Å². The summed E-state index contributed by atoms with van der Waals surface area (Å²) in [4.78, 5) is 39.6. The molecule has 0 aliphatic heterocycles. The maximum Gasteiger partial charge on any atom is 0.259 e. The number of hydrogen-bond donors (Lipinski definition) is 3. The molecular formula is C22H25N3O3S. The molecule has 7 heteroatoms. The van der Waals surface area contributed by atoms with E-state index in [2.05, 4.69) is 16.0 Å². The average molecular weight is 412 g/mol. The van der Waals surface area contributed by atoms with Gasteiger partial charge in [0.1, 0.15) is 0 Å². The van der Waals surface area contributed by atoms with E-state index < -0.39 is 29.2 Å². The summed E-state index contributed by atoms with van der Waals surface area (Å²) >= 11 is 5.10. The third-order valence-corrected chi connectivity index (χ3v) is 5.06. The lowest BCUT2D eigenvalue weighted by Gasteiger charge is -2.32. The minimum atomic E-state index is -1.80. The summed E-state index contributed by atoms with van der Waals surface area (Å²) in [6.07, 6.45) is 0.0548. The summed E-state index contributed by atoms with van der Waals surface area (Å²) in [5, 5.41) is 8.10. The number of nitrogens with one attached hydrogen (secondary N) is 3. The highest BCUT2D eigenvalue weighted by molar-refractivity contribution is 7.80. The van der Waals surface area contributed by atoms with Crippen molar-refractivity contribution in [3.63, 3.8) is 0 Å². The van der Waals surface area contributed by atoms with Crippen LogP contribution in [0.4, 0.5) is 11.4 Å². The maximum absolute atomic E-state index is 13.2. The minimum Gasteiger partial charge on any atom is -0.334 e. The molecule has 0 heterocycles. The van der Waals surface area contributed by atoms with Crippen molar-refractivity contribution in [1.82, 2.24) is 5.32 Å². The van der Waals surface area contributed by atoms with Crippen molar-refractivity contribution in [2.45, 2.75) is 32.7 Å². The predicted molar refractivity (Wildman–Crippen MR) is 119 cm³/mol. The van der Waals surface area contributed by atoms with Gasteiger partial charge in [-0.3, -0.25) is 14.4 Å². The Bertz CT molecular complexity index is 831. The van der Waals surface area contributed by atoms with Gasteiger partial charge in [-0.15, -0.1) is 0 Å². The Morgan fingerprint density at radius 3 is 1.66 bits per heavy atom. The van der Waals surface area contributed by atoms with Crippen LogP contribution in [0.5, 0.6) is 0 Å². The quantitative estimate of drug-likeness (QED) is 0.458. The van der Waals surface area contributed by atoms with Gasteiger partial charge in [0.05, 0.1) is 5.92 Å². The van der Waals surface area contributed by atoms with Gasteiger partial charge < -0.3 is 16.0 Å². The number of para-hydroxylation sites is 2. The van der Waals surface area contributed by atoms with Crippen LogP contribution in [0, 0.1) is 5.92 Å². The van der Waals surface area contributed by atoms with Gasteiger partial charge in [-0.25, -0.2) is 0 Å². The molecule has 0 saturated carbocycles. The van der Waals surface area contributed by atoms with E-state index >= 15 is 0 Å². The third-order valence-electron chi connectivity index (χ3n) is 4.71. The first-order chi connectivity index (χ1) is 13.8. The molecule has 0 aliphatic rings. The van der Waals surface area contributed by atoms with Crippen molar-refractivity contribution in [2.24, 2.45) is 5.92 Å². The van der Waals surface area contributed by atoms with Crippen LogP contribution in [-0.4, -0.2) is 28.1 Å². The number of benzene rings is 2. The zero-order valence-corrected chi connectivity index (χ0v) is 17.5. The number of amides is 3. The highest BCUT2D eigenvalue weighted by Gasteiger charge is 2.46. The Hall–Kier alpha value is -3.06. The molecule has 0 spiro atoms. The second-order valence-electron chi connectivity index (χ2n) is 6.72. The molecule has 0 bridgehead atoms. The monoisotopic (exact) mass is 411 g/mol. The van der Waals surface area contributed by atoms with Crippen molar-refractivity contribution >= 4 is 46.2 Å². The maximum atomic E-state index is 13.2. The zero-order chi connectivity index (χ0) is 21.4. The van der Waals surface area contributed by atoms with E-state index in [4.69, 9.17) is 12.2 Å². The van der Waals surface area contributed by atoms with Gasteiger partial charge in [-0.05, 0) is 44.5 Å². The molecule has 0 aromatic heterocycles. The Balaban J connectivity index is 2.37. The van der Waals surface area contributed by atoms with E-state index in [9.17, 15) is 14.4 Å². The lowest BCUT2D eigenvalue weighted by Crippen LogP contribution is -2.64. The standard InChI is InChI=1S/C22H25N3O3S/c1-4-22(25-19(26)15(2)16(3)29,20(27)23-17-11-7-5-8-12-17)21(28)24-18-13-9-6-10-14-18/h5-15H,4H2,1-3H3,(H,23,27)(H,24,28)(H,25,26)/t15-/m0/s1. The fourth-order valence-corrected chi connectivity index (χ4v) is 2.75. The molecule has 3 N–H and O–H groups in total. The van der Waals surface area contributed by atoms with Gasteiger partial charge in [-0.1, -0.05) is 55.5 Å². The second-order valence-corrected chi connectivity index (χ2v) is 7.36. The zero-order valence-electron chi connectivity index (χ0n) is 16.7. The molecule has 2 aromatic carbocycles.